The van der Waals surface area contributed by atoms with E-state index in [1.165, 1.54) is 0 Å². The van der Waals surface area contributed by atoms with Crippen LogP contribution >= 0.6 is 0 Å². The van der Waals surface area contributed by atoms with Crippen molar-refractivity contribution in [2.24, 2.45) is 11.7 Å². The van der Waals surface area contributed by atoms with Gasteiger partial charge in [-0.1, -0.05) is 20.8 Å². The Bertz CT molecular complexity index is 401. The van der Waals surface area contributed by atoms with Crippen molar-refractivity contribution >= 4 is 5.91 Å². The van der Waals surface area contributed by atoms with Crippen LogP contribution in [-0.2, 0) is 6.42 Å². The third-order valence-electron chi connectivity index (χ3n) is 3.32. The lowest BCUT2D eigenvalue weighted by Crippen LogP contribution is -2.55. The Hall–Kier alpha value is -1.43. The average molecular weight is 253 g/mol. The van der Waals surface area contributed by atoms with Gasteiger partial charge in [0, 0.05) is 13.0 Å². The number of carbonyl (C=O) groups excluding carboxylic acids is 1. The van der Waals surface area contributed by atoms with Gasteiger partial charge in [0.1, 0.15) is 5.82 Å². The van der Waals surface area contributed by atoms with E-state index in [-0.39, 0.29) is 17.6 Å². The number of nitrogens with one attached hydrogen (secondary N) is 2. The van der Waals surface area contributed by atoms with Crippen LogP contribution in [-0.4, -0.2) is 33.2 Å². The zero-order valence-corrected chi connectivity index (χ0v) is 11.6. The van der Waals surface area contributed by atoms with E-state index in [2.05, 4.69) is 20.5 Å². The van der Waals surface area contributed by atoms with E-state index in [4.69, 9.17) is 5.73 Å². The molecule has 1 atom stereocenters. The van der Waals surface area contributed by atoms with Gasteiger partial charge in [-0.25, -0.2) is 4.98 Å². The minimum absolute atomic E-state index is 0.179. The van der Waals surface area contributed by atoms with E-state index in [9.17, 15) is 4.79 Å². The first-order valence-electron chi connectivity index (χ1n) is 6.36. The second-order valence-corrected chi connectivity index (χ2v) is 5.09. The largest absolute Gasteiger partial charge is 0.343 e. The lowest BCUT2D eigenvalue weighted by Gasteiger charge is -2.33. The molecule has 18 heavy (non-hydrogen) atoms. The van der Waals surface area contributed by atoms with Gasteiger partial charge in [-0.05, 0) is 19.3 Å². The molecule has 1 heterocycles. The standard InChI is InChI=1S/C12H23N5O/c1-5-6-9-14-10(17-16-9)11(18)15-12(4,7-13)8(2)3/h8H,5-7,13H2,1-4H3,(H,15,18)(H,14,16,17). The first kappa shape index (κ1) is 14.6. The molecule has 6 nitrogen and oxygen atoms in total. The molecule has 0 bridgehead atoms. The minimum atomic E-state index is -0.442. The van der Waals surface area contributed by atoms with Crippen LogP contribution in [0.15, 0.2) is 0 Å². The summed E-state index contributed by atoms with van der Waals surface area (Å²) in [5, 5.41) is 9.60. The van der Waals surface area contributed by atoms with Gasteiger partial charge in [0.05, 0.1) is 5.54 Å². The number of H-pyrrole nitrogens is 1. The van der Waals surface area contributed by atoms with Crippen LogP contribution in [0.25, 0.3) is 0 Å². The average Bonchev–Trinajstić information content (AvgIpc) is 2.77. The highest BCUT2D eigenvalue weighted by Crippen LogP contribution is 2.15. The first-order valence-corrected chi connectivity index (χ1v) is 6.36. The topological polar surface area (TPSA) is 96.7 Å². The SMILES string of the molecule is CCCc1nc(C(=O)NC(C)(CN)C(C)C)n[nH]1. The smallest absolute Gasteiger partial charge is 0.291 e. The van der Waals surface area contributed by atoms with Crippen molar-refractivity contribution in [1.29, 1.82) is 0 Å². The van der Waals surface area contributed by atoms with Crippen molar-refractivity contribution in [2.45, 2.75) is 46.1 Å². The van der Waals surface area contributed by atoms with Crippen molar-refractivity contribution in [3.05, 3.63) is 11.6 Å². The molecule has 102 valence electrons. The number of nitrogens with zero attached hydrogens (tertiary/aromatic N) is 2. The molecule has 1 unspecified atom stereocenters. The fourth-order valence-corrected chi connectivity index (χ4v) is 1.49. The first-order chi connectivity index (χ1) is 8.42. The molecule has 0 saturated heterocycles. The van der Waals surface area contributed by atoms with Crippen molar-refractivity contribution in [2.75, 3.05) is 6.54 Å². The van der Waals surface area contributed by atoms with Crippen molar-refractivity contribution < 1.29 is 4.79 Å². The maximum Gasteiger partial charge on any atom is 0.291 e. The van der Waals surface area contributed by atoms with Crippen LogP contribution in [0.3, 0.4) is 0 Å². The van der Waals surface area contributed by atoms with Crippen molar-refractivity contribution in [3.8, 4) is 0 Å². The normalized spacial score (nSPS) is 14.6. The van der Waals surface area contributed by atoms with E-state index in [0.717, 1.165) is 18.7 Å². The van der Waals surface area contributed by atoms with E-state index in [1.807, 2.05) is 27.7 Å². The Kier molecular flexibility index (Phi) is 4.84. The Morgan fingerprint density at radius 2 is 2.22 bits per heavy atom. The predicted molar refractivity (Wildman–Crippen MR) is 70.1 cm³/mol. The van der Waals surface area contributed by atoms with Crippen molar-refractivity contribution in [1.82, 2.24) is 20.5 Å². The fraction of sp³-hybridized carbons (Fsp3) is 0.750. The van der Waals surface area contributed by atoms with Gasteiger partial charge in [0.2, 0.25) is 5.82 Å². The molecule has 1 aromatic rings. The van der Waals surface area contributed by atoms with Gasteiger partial charge in [0.25, 0.3) is 5.91 Å². The molecule has 6 heteroatoms. The second-order valence-electron chi connectivity index (χ2n) is 5.09. The zero-order chi connectivity index (χ0) is 13.8. The summed E-state index contributed by atoms with van der Waals surface area (Å²) in [4.78, 5) is 16.2. The number of nitrogens with two attached hydrogens (primary N) is 1. The number of carbonyl (C=O) groups is 1. The van der Waals surface area contributed by atoms with Crippen LogP contribution in [0.4, 0.5) is 0 Å². The molecule has 0 aliphatic rings. The summed E-state index contributed by atoms with van der Waals surface area (Å²) in [5.41, 5.74) is 5.28. The van der Waals surface area contributed by atoms with Gasteiger partial charge in [-0.2, -0.15) is 0 Å². The molecular weight excluding hydrogens is 230 g/mol. The zero-order valence-electron chi connectivity index (χ0n) is 11.6. The summed E-state index contributed by atoms with van der Waals surface area (Å²) in [5.74, 6) is 0.871. The fourth-order valence-electron chi connectivity index (χ4n) is 1.49. The molecule has 4 N–H and O–H groups in total. The Labute approximate surface area is 108 Å². The maximum absolute atomic E-state index is 12.0. The van der Waals surface area contributed by atoms with Crippen LogP contribution in [0, 0.1) is 5.92 Å². The van der Waals surface area contributed by atoms with Gasteiger partial charge >= 0.3 is 0 Å². The van der Waals surface area contributed by atoms with Gasteiger partial charge < -0.3 is 11.1 Å². The molecule has 0 spiro atoms. The Balaban J connectivity index is 2.75. The molecule has 1 rings (SSSR count). The molecule has 0 radical (unpaired) electrons. The summed E-state index contributed by atoms with van der Waals surface area (Å²) < 4.78 is 0. The summed E-state index contributed by atoms with van der Waals surface area (Å²) in [7, 11) is 0. The van der Waals surface area contributed by atoms with E-state index in [1.54, 1.807) is 0 Å². The van der Waals surface area contributed by atoms with Crippen molar-refractivity contribution in [3.63, 3.8) is 0 Å². The molecule has 1 amide bonds. The number of aromatic amines is 1. The van der Waals surface area contributed by atoms with Gasteiger partial charge in [0.15, 0.2) is 0 Å². The summed E-state index contributed by atoms with van der Waals surface area (Å²) >= 11 is 0. The molecule has 0 aromatic carbocycles. The maximum atomic E-state index is 12.0. The second kappa shape index (κ2) is 5.95. The molecule has 1 aromatic heterocycles. The van der Waals surface area contributed by atoms with Crippen LogP contribution in [0.5, 0.6) is 0 Å². The Morgan fingerprint density at radius 3 is 2.72 bits per heavy atom. The van der Waals surface area contributed by atoms with Gasteiger partial charge in [-0.3, -0.25) is 9.89 Å². The number of hydrogen-bond donors (Lipinski definition) is 3. The van der Waals surface area contributed by atoms with Gasteiger partial charge in [-0.15, -0.1) is 5.10 Å². The van der Waals surface area contributed by atoms with E-state index in [0.29, 0.717) is 6.54 Å². The summed E-state index contributed by atoms with van der Waals surface area (Å²) in [6, 6.07) is 0. The highest BCUT2D eigenvalue weighted by Gasteiger charge is 2.30. The summed E-state index contributed by atoms with van der Waals surface area (Å²) in [6.45, 7) is 8.39. The molecular formula is C12H23N5O. The number of hydrogen-bond acceptors (Lipinski definition) is 4. The third-order valence-corrected chi connectivity index (χ3v) is 3.32. The number of amides is 1. The number of rotatable bonds is 6. The van der Waals surface area contributed by atoms with Crippen LogP contribution in [0.1, 0.15) is 50.6 Å². The summed E-state index contributed by atoms with van der Waals surface area (Å²) in [6.07, 6.45) is 1.75. The monoisotopic (exact) mass is 253 g/mol. The molecule has 0 aliphatic carbocycles. The number of aryl methyl sites for hydroxylation is 1. The van der Waals surface area contributed by atoms with Crippen LogP contribution < -0.4 is 11.1 Å². The molecule has 0 aliphatic heterocycles. The molecule has 0 fully saturated rings. The third kappa shape index (κ3) is 3.29. The quantitative estimate of drug-likeness (QED) is 0.700. The van der Waals surface area contributed by atoms with E-state index < -0.39 is 5.54 Å². The highest BCUT2D eigenvalue weighted by molar-refractivity contribution is 5.90. The lowest BCUT2D eigenvalue weighted by atomic mass is 9.88. The lowest BCUT2D eigenvalue weighted by molar-refractivity contribution is 0.0872. The Morgan fingerprint density at radius 1 is 1.56 bits per heavy atom. The van der Waals surface area contributed by atoms with E-state index >= 15 is 0 Å². The highest BCUT2D eigenvalue weighted by atomic mass is 16.2. The molecule has 0 saturated carbocycles. The predicted octanol–water partition coefficient (Wildman–Crippen LogP) is 0.860. The number of aromatic nitrogens is 3. The van der Waals surface area contributed by atoms with Crippen LogP contribution in [0.2, 0.25) is 0 Å². The minimum Gasteiger partial charge on any atom is -0.343 e.